The van der Waals surface area contributed by atoms with E-state index in [2.05, 4.69) is 20.1 Å². The first-order valence-electron chi connectivity index (χ1n) is 11.4. The Hall–Kier alpha value is -1.92. The molecule has 0 saturated carbocycles. The highest BCUT2D eigenvalue weighted by molar-refractivity contribution is 7.50. The lowest BCUT2D eigenvalue weighted by Gasteiger charge is -2.29. The number of aliphatic imine (C=N–C) groups is 3. The molecule has 0 amide bonds. The first-order chi connectivity index (χ1) is 16.0. The summed E-state index contributed by atoms with van der Waals surface area (Å²) in [6.45, 7) is 7.88. The van der Waals surface area contributed by atoms with E-state index in [1.165, 1.54) is 0 Å². The number of amidine groups is 2. The van der Waals surface area contributed by atoms with Crippen LogP contribution >= 0.6 is 7.75 Å². The Morgan fingerprint density at radius 2 is 2.24 bits per heavy atom. The molecule has 7 atom stereocenters. The van der Waals surface area contributed by atoms with Gasteiger partial charge >= 0.3 is 19.8 Å². The molecule has 0 spiro atoms. The van der Waals surface area contributed by atoms with Gasteiger partial charge in [0, 0.05) is 6.54 Å². The molecule has 4 N–H and O–H groups in total. The quantitative estimate of drug-likeness (QED) is 0.213. The summed E-state index contributed by atoms with van der Waals surface area (Å²) in [5.41, 5.74) is 5.76. The zero-order valence-electron chi connectivity index (χ0n) is 19.8. The molecule has 0 aromatic rings. The van der Waals surface area contributed by atoms with Gasteiger partial charge in [0.05, 0.1) is 31.8 Å². The van der Waals surface area contributed by atoms with Gasteiger partial charge in [-0.2, -0.15) is 9.38 Å². The van der Waals surface area contributed by atoms with Crippen molar-refractivity contribution in [2.75, 3.05) is 19.8 Å². The minimum absolute atomic E-state index is 0.0766. The molecule has 12 nitrogen and oxygen atoms in total. The lowest BCUT2D eigenvalue weighted by atomic mass is 10.0. The van der Waals surface area contributed by atoms with Crippen molar-refractivity contribution in [3.8, 4) is 0 Å². The predicted molar refractivity (Wildman–Crippen MR) is 124 cm³/mol. The Balaban J connectivity index is 1.52. The fourth-order valence-corrected chi connectivity index (χ4v) is 5.25. The van der Waals surface area contributed by atoms with Crippen LogP contribution in [0.4, 0.5) is 4.39 Å². The Labute approximate surface area is 198 Å². The van der Waals surface area contributed by atoms with E-state index < -0.39 is 44.2 Å². The zero-order valence-corrected chi connectivity index (χ0v) is 20.7. The predicted octanol–water partition coefficient (Wildman–Crippen LogP) is 1.20. The largest absolute Gasteiger partial charge is 0.465 e. The monoisotopic (exact) mass is 504 g/mol. The Bertz CT molecular complexity index is 886. The number of nitrogens with two attached hydrogens (primary N) is 1. The van der Waals surface area contributed by atoms with Crippen molar-refractivity contribution in [1.82, 2.24) is 9.99 Å². The van der Waals surface area contributed by atoms with Gasteiger partial charge in [-0.05, 0) is 31.6 Å². The molecule has 34 heavy (non-hydrogen) atoms. The number of carbonyl (C=O) groups is 1. The normalized spacial score (nSPS) is 31.1. The molecular formula is C20H34FN6O6P. The van der Waals surface area contributed by atoms with E-state index in [1.807, 2.05) is 20.8 Å². The highest BCUT2D eigenvalue weighted by atomic mass is 31.2. The minimum atomic E-state index is -4.29. The average Bonchev–Trinajstić information content (AvgIpc) is 3.29. The van der Waals surface area contributed by atoms with Gasteiger partial charge in [-0.25, -0.2) is 14.6 Å². The summed E-state index contributed by atoms with van der Waals surface area (Å²) in [5.74, 6) is -0.326. The lowest BCUT2D eigenvalue weighted by molar-refractivity contribution is -0.145. The van der Waals surface area contributed by atoms with E-state index in [0.29, 0.717) is 19.4 Å². The maximum Gasteiger partial charge on any atom is 0.403 e. The maximum atomic E-state index is 13.6. The second-order valence-electron chi connectivity index (χ2n) is 9.14. The van der Waals surface area contributed by atoms with E-state index in [4.69, 9.17) is 19.7 Å². The fraction of sp³-hybridized carbons (Fsp3) is 0.800. The number of esters is 1. The molecule has 1 saturated heterocycles. The van der Waals surface area contributed by atoms with Crippen LogP contribution in [0.5, 0.6) is 0 Å². The molecule has 3 aliphatic rings. The van der Waals surface area contributed by atoms with Gasteiger partial charge in [0.1, 0.15) is 17.9 Å². The van der Waals surface area contributed by atoms with E-state index in [1.54, 1.807) is 18.2 Å². The SMILES string of the molecule is CCOC(=O)[C@H](CC(C)C)NP(=O)(O)OC[C@@H]1CC(C)C(CN2C=NC3C(N)=NC(F)=NC32)O1. The summed E-state index contributed by atoms with van der Waals surface area (Å²) in [7, 11) is -4.29. The molecule has 3 heterocycles. The lowest BCUT2D eigenvalue weighted by Crippen LogP contribution is -2.47. The summed E-state index contributed by atoms with van der Waals surface area (Å²) in [6, 6.07) is -1.48. The first-order valence-corrected chi connectivity index (χ1v) is 13.0. The molecule has 1 fully saturated rings. The average molecular weight is 505 g/mol. The highest BCUT2D eigenvalue weighted by Gasteiger charge is 2.41. The summed E-state index contributed by atoms with van der Waals surface area (Å²) in [6.07, 6.45) is 0.313. The van der Waals surface area contributed by atoms with E-state index in [-0.39, 0.29) is 37.0 Å². The van der Waals surface area contributed by atoms with Crippen molar-refractivity contribution >= 4 is 32.0 Å². The standard InChI is InChI=1S/C20H34FN6O6P/c1-5-31-19(28)14(6-11(2)3)26-34(29,30)32-9-13-7-12(4)15(33-13)8-27-10-23-16-17(22)24-20(21)25-18(16)27/h10-16,18H,5-9H2,1-4H3,(H2,22,24,25)(H2,26,29,30)/t12?,13-,14-,15?,16?,18?/m0/s1. The maximum absolute atomic E-state index is 13.6. The van der Waals surface area contributed by atoms with E-state index in [9.17, 15) is 18.6 Å². The van der Waals surface area contributed by atoms with Crippen LogP contribution in [-0.2, 0) is 23.4 Å². The van der Waals surface area contributed by atoms with Crippen LogP contribution in [-0.4, -0.2) is 84.2 Å². The van der Waals surface area contributed by atoms with Gasteiger partial charge in [-0.15, -0.1) is 0 Å². The highest BCUT2D eigenvalue weighted by Crippen LogP contribution is 2.40. The number of halogens is 1. The number of hydrogen-bond donors (Lipinski definition) is 3. The smallest absolute Gasteiger partial charge is 0.403 e. The third-order valence-electron chi connectivity index (χ3n) is 5.82. The molecule has 0 aromatic carbocycles. The molecule has 14 heteroatoms. The van der Waals surface area contributed by atoms with Crippen LogP contribution < -0.4 is 10.8 Å². The Morgan fingerprint density at radius 3 is 2.91 bits per heavy atom. The molecular weight excluding hydrogens is 470 g/mol. The number of nitrogens with zero attached hydrogens (tertiary/aromatic N) is 4. The first kappa shape index (κ1) is 26.7. The number of hydrogen-bond acceptors (Lipinski definition) is 10. The fourth-order valence-electron chi connectivity index (χ4n) is 4.20. The van der Waals surface area contributed by atoms with Crippen LogP contribution in [0.25, 0.3) is 0 Å². The molecule has 0 aliphatic carbocycles. The van der Waals surface area contributed by atoms with Gasteiger partial charge in [0.25, 0.3) is 0 Å². The molecule has 0 bridgehead atoms. The van der Waals surface area contributed by atoms with Crippen LogP contribution in [0.3, 0.4) is 0 Å². The van der Waals surface area contributed by atoms with Crippen LogP contribution in [0.1, 0.15) is 40.5 Å². The number of rotatable bonds is 11. The van der Waals surface area contributed by atoms with Crippen molar-refractivity contribution in [3.63, 3.8) is 0 Å². The molecule has 3 rings (SSSR count). The Morgan fingerprint density at radius 1 is 1.50 bits per heavy atom. The van der Waals surface area contributed by atoms with Crippen molar-refractivity contribution < 1.29 is 32.6 Å². The third kappa shape index (κ3) is 6.82. The van der Waals surface area contributed by atoms with Gasteiger partial charge in [0.15, 0.2) is 6.17 Å². The zero-order chi connectivity index (χ0) is 25.0. The van der Waals surface area contributed by atoms with Gasteiger partial charge in [-0.1, -0.05) is 20.8 Å². The van der Waals surface area contributed by atoms with Crippen LogP contribution in [0.2, 0.25) is 0 Å². The molecule has 3 aliphatic heterocycles. The van der Waals surface area contributed by atoms with Crippen molar-refractivity contribution in [2.24, 2.45) is 32.5 Å². The summed E-state index contributed by atoms with van der Waals surface area (Å²) in [4.78, 5) is 35.9. The van der Waals surface area contributed by atoms with Crippen molar-refractivity contribution in [2.45, 2.75) is 71.0 Å². The molecule has 192 valence electrons. The van der Waals surface area contributed by atoms with Gasteiger partial charge in [-0.3, -0.25) is 14.3 Å². The molecule has 5 unspecified atom stereocenters. The van der Waals surface area contributed by atoms with Crippen LogP contribution in [0.15, 0.2) is 15.0 Å². The number of nitrogens with one attached hydrogen (secondary N) is 1. The summed E-state index contributed by atoms with van der Waals surface area (Å²) < 4.78 is 42.5. The van der Waals surface area contributed by atoms with Crippen molar-refractivity contribution in [1.29, 1.82) is 0 Å². The Kier molecular flexibility index (Phi) is 8.80. The second kappa shape index (κ2) is 11.2. The number of ether oxygens (including phenoxy) is 2. The third-order valence-corrected chi connectivity index (χ3v) is 6.96. The number of fused-ring (bicyclic) bond motifs is 1. The minimum Gasteiger partial charge on any atom is -0.465 e. The van der Waals surface area contributed by atoms with E-state index >= 15 is 0 Å². The van der Waals surface area contributed by atoms with Crippen LogP contribution in [0, 0.1) is 11.8 Å². The van der Waals surface area contributed by atoms with Gasteiger partial charge in [0.2, 0.25) is 0 Å². The summed E-state index contributed by atoms with van der Waals surface area (Å²) >= 11 is 0. The molecule has 0 radical (unpaired) electrons. The topological polar surface area (TPSA) is 160 Å². The second-order valence-corrected chi connectivity index (χ2v) is 10.7. The van der Waals surface area contributed by atoms with Gasteiger partial charge < -0.3 is 25.0 Å². The molecule has 0 aromatic heterocycles. The van der Waals surface area contributed by atoms with Crippen molar-refractivity contribution in [3.05, 3.63) is 0 Å². The number of carbonyl (C=O) groups excluding carboxylic acids is 1. The van der Waals surface area contributed by atoms with E-state index in [0.717, 1.165) is 0 Å². The summed E-state index contributed by atoms with van der Waals surface area (Å²) in [5, 5.41) is 2.41.